The molecule has 0 aromatic carbocycles. The molecule has 0 saturated heterocycles. The molecular formula is C5H14O. The van der Waals surface area contributed by atoms with Crippen LogP contribution in [0.3, 0.4) is 0 Å². The third-order valence-electron chi connectivity index (χ3n) is 0. The molecule has 40 valence electrons. The Balaban J connectivity index is -0.0000000275. The Bertz CT molecular complexity index is 11.4. The van der Waals surface area contributed by atoms with Crippen LogP contribution in [0.25, 0.3) is 0 Å². The predicted octanol–water partition coefficient (Wildman–Crippen LogP) is 1.87. The zero-order chi connectivity index (χ0) is 4.71. The van der Waals surface area contributed by atoms with E-state index in [0.29, 0.717) is 0 Å². The van der Waals surface area contributed by atoms with Gasteiger partial charge in [-0.2, -0.15) is 0 Å². The predicted molar refractivity (Wildman–Crippen MR) is 29.8 cm³/mol. The molecule has 0 amide bonds. The van der Waals surface area contributed by atoms with Crippen molar-refractivity contribution in [1.29, 1.82) is 0 Å². The highest BCUT2D eigenvalue weighted by molar-refractivity contribution is 5.44. The Kier molecular flexibility index (Phi) is 405. The summed E-state index contributed by atoms with van der Waals surface area (Å²) in [6, 6.07) is 0. The van der Waals surface area contributed by atoms with Gasteiger partial charge in [0.25, 0.3) is 0 Å². The van der Waals surface area contributed by atoms with E-state index in [2.05, 4.69) is 0 Å². The van der Waals surface area contributed by atoms with Gasteiger partial charge in [-0.15, -0.1) is 0 Å². The standard InChI is InChI=1S/C2H4O.C2H6.CH4/c1-2-3;1-2;/h2H,1H3;1-2H3;1H4. The summed E-state index contributed by atoms with van der Waals surface area (Å²) in [5, 5.41) is 0. The maximum Gasteiger partial charge on any atom is 0.116 e. The van der Waals surface area contributed by atoms with Crippen molar-refractivity contribution in [3.63, 3.8) is 0 Å². The number of carbonyl (C=O) groups is 1. The molecular weight excluding hydrogens is 76.1 g/mol. The Morgan fingerprint density at radius 1 is 1.33 bits per heavy atom. The van der Waals surface area contributed by atoms with Crippen LogP contribution >= 0.6 is 0 Å². The summed E-state index contributed by atoms with van der Waals surface area (Å²) >= 11 is 0. The molecule has 0 aromatic heterocycles. The molecule has 0 aliphatic rings. The smallest absolute Gasteiger partial charge is 0.116 e. The Hall–Kier alpha value is -0.330. The van der Waals surface area contributed by atoms with Gasteiger partial charge in [0.05, 0.1) is 0 Å². The van der Waals surface area contributed by atoms with Crippen molar-refractivity contribution < 1.29 is 4.79 Å². The molecule has 0 heterocycles. The van der Waals surface area contributed by atoms with E-state index in [9.17, 15) is 0 Å². The van der Waals surface area contributed by atoms with Crippen LogP contribution in [-0.4, -0.2) is 6.29 Å². The first-order valence-electron chi connectivity index (χ1n) is 1.81. The van der Waals surface area contributed by atoms with Crippen molar-refractivity contribution in [3.05, 3.63) is 0 Å². The van der Waals surface area contributed by atoms with Crippen molar-refractivity contribution in [2.75, 3.05) is 0 Å². The minimum atomic E-state index is 0. The lowest BCUT2D eigenvalue weighted by Crippen LogP contribution is -1.36. The van der Waals surface area contributed by atoms with Crippen molar-refractivity contribution in [3.8, 4) is 0 Å². The highest BCUT2D eigenvalue weighted by atomic mass is 16.1. The number of hydrogen-bond acceptors (Lipinski definition) is 1. The largest absolute Gasteiger partial charge is 0.304 e. The van der Waals surface area contributed by atoms with Crippen LogP contribution in [0.15, 0.2) is 0 Å². The molecule has 0 radical (unpaired) electrons. The normalized spacial score (nSPS) is 3.17. The molecule has 1 heteroatoms. The molecule has 0 spiro atoms. The second kappa shape index (κ2) is 140. The highest BCUT2D eigenvalue weighted by Crippen LogP contribution is 1.14. The number of rotatable bonds is 0. The van der Waals surface area contributed by atoms with Gasteiger partial charge in [-0.25, -0.2) is 0 Å². The van der Waals surface area contributed by atoms with Gasteiger partial charge >= 0.3 is 0 Å². The summed E-state index contributed by atoms with van der Waals surface area (Å²) in [7, 11) is 0. The molecule has 1 nitrogen and oxygen atoms in total. The number of hydrogen-bond donors (Lipinski definition) is 0. The van der Waals surface area contributed by atoms with Crippen LogP contribution in [0, 0.1) is 0 Å². The molecule has 0 N–H and O–H groups in total. The fourth-order valence-corrected chi connectivity index (χ4v) is 0. The van der Waals surface area contributed by atoms with Gasteiger partial charge in [0.2, 0.25) is 0 Å². The number of aldehydes is 1. The Morgan fingerprint density at radius 3 is 1.33 bits per heavy atom. The molecule has 0 aliphatic carbocycles. The third-order valence-corrected chi connectivity index (χ3v) is 0. The van der Waals surface area contributed by atoms with Crippen molar-refractivity contribution in [1.82, 2.24) is 0 Å². The maximum atomic E-state index is 8.81. The summed E-state index contributed by atoms with van der Waals surface area (Å²) in [6.07, 6.45) is 0.750. The Labute approximate surface area is 40.4 Å². The average Bonchev–Trinajstić information content (AvgIpc) is 1.46. The van der Waals surface area contributed by atoms with Gasteiger partial charge in [-0.05, 0) is 6.92 Å². The molecule has 0 aromatic rings. The van der Waals surface area contributed by atoms with E-state index < -0.39 is 0 Å². The van der Waals surface area contributed by atoms with E-state index in [1.165, 1.54) is 6.92 Å². The lowest BCUT2D eigenvalue weighted by atomic mass is 11.0. The first kappa shape index (κ1) is 17.3. The van der Waals surface area contributed by atoms with Gasteiger partial charge in [0.15, 0.2) is 0 Å². The van der Waals surface area contributed by atoms with Crippen LogP contribution in [0.4, 0.5) is 0 Å². The summed E-state index contributed by atoms with van der Waals surface area (Å²) in [5.74, 6) is 0. The third kappa shape index (κ3) is 240. The van der Waals surface area contributed by atoms with E-state index in [-0.39, 0.29) is 7.43 Å². The van der Waals surface area contributed by atoms with Gasteiger partial charge in [0, 0.05) is 0 Å². The van der Waals surface area contributed by atoms with E-state index >= 15 is 0 Å². The maximum absolute atomic E-state index is 8.81. The van der Waals surface area contributed by atoms with E-state index in [4.69, 9.17) is 4.79 Å². The van der Waals surface area contributed by atoms with Gasteiger partial charge in [-0.3, -0.25) is 0 Å². The summed E-state index contributed by atoms with van der Waals surface area (Å²) < 4.78 is 0. The van der Waals surface area contributed by atoms with Crippen LogP contribution in [0.1, 0.15) is 28.2 Å². The fraction of sp³-hybridized carbons (Fsp3) is 0.800. The highest BCUT2D eigenvalue weighted by Gasteiger charge is 1.24. The molecule has 0 rings (SSSR count). The quantitative estimate of drug-likeness (QED) is 0.415. The molecule has 0 fully saturated rings. The monoisotopic (exact) mass is 90.1 g/mol. The minimum Gasteiger partial charge on any atom is -0.304 e. The lowest BCUT2D eigenvalue weighted by Gasteiger charge is -1.23. The van der Waals surface area contributed by atoms with Gasteiger partial charge in [-0.1, -0.05) is 21.3 Å². The van der Waals surface area contributed by atoms with E-state index in [0.717, 1.165) is 6.29 Å². The van der Waals surface area contributed by atoms with E-state index in [1.54, 1.807) is 0 Å². The minimum absolute atomic E-state index is 0. The SMILES string of the molecule is C.CC.CC=O. The number of carbonyl (C=O) groups excluding carboxylic acids is 1. The second-order valence-corrected chi connectivity index (χ2v) is 0.236. The molecule has 6 heavy (non-hydrogen) atoms. The van der Waals surface area contributed by atoms with Gasteiger partial charge in [0.1, 0.15) is 6.29 Å². The topological polar surface area (TPSA) is 17.1 Å². The summed E-state index contributed by atoms with van der Waals surface area (Å²) in [5.41, 5.74) is 0. The van der Waals surface area contributed by atoms with Crippen LogP contribution in [0.2, 0.25) is 0 Å². The van der Waals surface area contributed by atoms with Crippen molar-refractivity contribution >= 4 is 6.29 Å². The van der Waals surface area contributed by atoms with Crippen molar-refractivity contribution in [2.45, 2.75) is 28.2 Å². The molecule has 0 unspecified atom stereocenters. The van der Waals surface area contributed by atoms with Gasteiger partial charge < -0.3 is 4.79 Å². The van der Waals surface area contributed by atoms with Crippen LogP contribution in [-0.2, 0) is 4.79 Å². The van der Waals surface area contributed by atoms with Crippen molar-refractivity contribution in [2.24, 2.45) is 0 Å². The zero-order valence-electron chi connectivity index (χ0n) is 3.99. The zero-order valence-corrected chi connectivity index (χ0v) is 3.99. The second-order valence-electron chi connectivity index (χ2n) is 0.236. The summed E-state index contributed by atoms with van der Waals surface area (Å²) in [4.78, 5) is 8.81. The lowest BCUT2D eigenvalue weighted by molar-refractivity contribution is -0.106. The first-order valence-corrected chi connectivity index (χ1v) is 1.81. The Morgan fingerprint density at radius 2 is 1.33 bits per heavy atom. The van der Waals surface area contributed by atoms with Crippen LogP contribution in [0.5, 0.6) is 0 Å². The first-order chi connectivity index (χ1) is 2.41. The molecule has 0 saturated carbocycles. The van der Waals surface area contributed by atoms with E-state index in [1.807, 2.05) is 13.8 Å². The molecule has 0 aliphatic heterocycles. The summed E-state index contributed by atoms with van der Waals surface area (Å²) in [6.45, 7) is 5.44. The average molecular weight is 90.2 g/mol. The van der Waals surface area contributed by atoms with Crippen LogP contribution < -0.4 is 0 Å². The molecule has 0 atom stereocenters. The molecule has 0 bridgehead atoms. The fourth-order valence-electron chi connectivity index (χ4n) is 0.